The lowest BCUT2D eigenvalue weighted by atomic mass is 10.1. The highest BCUT2D eigenvalue weighted by molar-refractivity contribution is 7.90. The molecule has 0 atom stereocenters. The van der Waals surface area contributed by atoms with Crippen molar-refractivity contribution in [3.63, 3.8) is 0 Å². The molecule has 0 N–H and O–H groups in total. The fourth-order valence-corrected chi connectivity index (χ4v) is 3.49. The topological polar surface area (TPSA) is 39.1 Å². The summed E-state index contributed by atoms with van der Waals surface area (Å²) < 4.78 is 26.4. The van der Waals surface area contributed by atoms with Gasteiger partial charge < -0.3 is 0 Å². The maximum Gasteiger partial charge on any atom is 0.267 e. The van der Waals surface area contributed by atoms with Gasteiger partial charge in [0, 0.05) is 23.0 Å². The van der Waals surface area contributed by atoms with Gasteiger partial charge >= 0.3 is 0 Å². The lowest BCUT2D eigenvalue weighted by Gasteiger charge is -2.06. The predicted molar refractivity (Wildman–Crippen MR) is 88.6 cm³/mol. The average Bonchev–Trinajstić information content (AvgIpc) is 2.99. The number of hydrogen-bond donors (Lipinski definition) is 0. The molecular weight excluding hydrogens is 318 g/mol. The number of benzene rings is 2. The highest BCUT2D eigenvalue weighted by Gasteiger charge is 2.16. The van der Waals surface area contributed by atoms with E-state index in [4.69, 9.17) is 11.6 Å². The zero-order valence-electron chi connectivity index (χ0n) is 11.9. The van der Waals surface area contributed by atoms with E-state index in [1.807, 2.05) is 19.1 Å². The van der Waals surface area contributed by atoms with Gasteiger partial charge in [-0.1, -0.05) is 41.4 Å². The molecule has 0 aliphatic carbocycles. The van der Waals surface area contributed by atoms with Gasteiger partial charge in [-0.05, 0) is 42.8 Å². The quantitative estimate of drug-likeness (QED) is 0.715. The molecule has 0 bridgehead atoms. The van der Waals surface area contributed by atoms with E-state index in [1.165, 1.54) is 3.97 Å². The Kier molecular flexibility index (Phi) is 3.81. The fourth-order valence-electron chi connectivity index (χ4n) is 2.17. The second kappa shape index (κ2) is 5.63. The summed E-state index contributed by atoms with van der Waals surface area (Å²) in [4.78, 5) is 0.274. The zero-order valence-corrected chi connectivity index (χ0v) is 13.5. The molecule has 0 amide bonds. The molecule has 0 spiro atoms. The summed E-state index contributed by atoms with van der Waals surface area (Å²) in [6, 6.07) is 15.9. The van der Waals surface area contributed by atoms with Gasteiger partial charge in [0.1, 0.15) is 0 Å². The van der Waals surface area contributed by atoms with Crippen molar-refractivity contribution in [3.8, 4) is 11.1 Å². The molecule has 22 heavy (non-hydrogen) atoms. The van der Waals surface area contributed by atoms with Gasteiger partial charge in [0.15, 0.2) is 0 Å². The third kappa shape index (κ3) is 2.80. The number of hydrogen-bond acceptors (Lipinski definition) is 2. The molecular formula is C17H14ClNO2S. The van der Waals surface area contributed by atoms with Gasteiger partial charge in [-0.15, -0.1) is 0 Å². The Labute approximate surface area is 134 Å². The van der Waals surface area contributed by atoms with Gasteiger partial charge in [-0.2, -0.15) is 0 Å². The molecule has 2 aromatic carbocycles. The summed E-state index contributed by atoms with van der Waals surface area (Å²) in [5.74, 6) is 0. The summed E-state index contributed by atoms with van der Waals surface area (Å²) in [7, 11) is -3.56. The highest BCUT2D eigenvalue weighted by Crippen LogP contribution is 2.24. The number of aromatic nitrogens is 1. The molecule has 3 nitrogen and oxygen atoms in total. The van der Waals surface area contributed by atoms with E-state index in [-0.39, 0.29) is 4.90 Å². The average molecular weight is 332 g/mol. The second-order valence-electron chi connectivity index (χ2n) is 5.06. The first-order valence-corrected chi connectivity index (χ1v) is 8.55. The van der Waals surface area contributed by atoms with Crippen LogP contribution in [0.15, 0.2) is 71.9 Å². The number of halogens is 1. The SMILES string of the molecule is Cc1ccc(S(=O)(=O)n2ccc(-c3ccc(Cl)cc3)c2)cc1. The van der Waals surface area contributed by atoms with Gasteiger partial charge in [0.25, 0.3) is 10.0 Å². The van der Waals surface area contributed by atoms with E-state index >= 15 is 0 Å². The van der Waals surface area contributed by atoms with Crippen LogP contribution in [0.1, 0.15) is 5.56 Å². The van der Waals surface area contributed by atoms with Crippen LogP contribution in [0.3, 0.4) is 0 Å². The minimum atomic E-state index is -3.56. The summed E-state index contributed by atoms with van der Waals surface area (Å²) in [5, 5.41) is 0.649. The van der Waals surface area contributed by atoms with Gasteiger partial charge in [0.2, 0.25) is 0 Å². The second-order valence-corrected chi connectivity index (χ2v) is 7.33. The largest absolute Gasteiger partial charge is 0.267 e. The Hall–Kier alpha value is -2.04. The van der Waals surface area contributed by atoms with Gasteiger partial charge in [0.05, 0.1) is 4.90 Å². The monoisotopic (exact) mass is 331 g/mol. The Morgan fingerprint density at radius 3 is 2.14 bits per heavy atom. The smallest absolute Gasteiger partial charge is 0.248 e. The van der Waals surface area contributed by atoms with E-state index in [9.17, 15) is 8.42 Å². The highest BCUT2D eigenvalue weighted by atomic mass is 35.5. The Morgan fingerprint density at radius 1 is 0.864 bits per heavy atom. The molecule has 3 rings (SSSR count). The van der Waals surface area contributed by atoms with E-state index in [2.05, 4.69) is 0 Å². The lowest BCUT2D eigenvalue weighted by Crippen LogP contribution is -2.10. The molecule has 1 heterocycles. The van der Waals surface area contributed by atoms with Crippen LogP contribution in [0.5, 0.6) is 0 Å². The fraction of sp³-hybridized carbons (Fsp3) is 0.0588. The normalized spacial score (nSPS) is 11.5. The lowest BCUT2D eigenvalue weighted by molar-refractivity contribution is 0.587. The first-order valence-electron chi connectivity index (χ1n) is 6.73. The molecule has 0 aliphatic heterocycles. The number of rotatable bonds is 3. The van der Waals surface area contributed by atoms with Crippen molar-refractivity contribution < 1.29 is 8.42 Å². The van der Waals surface area contributed by atoms with Crippen LogP contribution >= 0.6 is 11.6 Å². The molecule has 0 saturated carbocycles. The van der Waals surface area contributed by atoms with Crippen LogP contribution in [0, 0.1) is 6.92 Å². The van der Waals surface area contributed by atoms with E-state index in [1.54, 1.807) is 54.9 Å². The molecule has 3 aromatic rings. The Morgan fingerprint density at radius 2 is 1.50 bits per heavy atom. The summed E-state index contributed by atoms with van der Waals surface area (Å²) >= 11 is 5.87. The van der Waals surface area contributed by atoms with Crippen LogP contribution in [-0.2, 0) is 10.0 Å². The Bertz CT molecular complexity index is 895. The maximum atomic E-state index is 12.6. The maximum absolute atomic E-state index is 12.6. The molecule has 0 saturated heterocycles. The minimum absolute atomic E-state index is 0.274. The van der Waals surface area contributed by atoms with Crippen molar-refractivity contribution >= 4 is 21.6 Å². The molecule has 5 heteroatoms. The van der Waals surface area contributed by atoms with Crippen molar-refractivity contribution in [2.45, 2.75) is 11.8 Å². The van der Waals surface area contributed by atoms with E-state index in [0.717, 1.165) is 16.7 Å². The molecule has 0 fully saturated rings. The minimum Gasteiger partial charge on any atom is -0.248 e. The summed E-state index contributed by atoms with van der Waals surface area (Å²) in [6.07, 6.45) is 3.16. The third-order valence-corrected chi connectivity index (χ3v) is 5.34. The first kappa shape index (κ1) is 14.9. The molecule has 0 aliphatic rings. The molecule has 112 valence electrons. The summed E-state index contributed by atoms with van der Waals surface area (Å²) in [6.45, 7) is 1.92. The third-order valence-electron chi connectivity index (χ3n) is 3.44. The molecule has 0 radical (unpaired) electrons. The van der Waals surface area contributed by atoms with Crippen LogP contribution < -0.4 is 0 Å². The van der Waals surface area contributed by atoms with Crippen molar-refractivity contribution in [2.75, 3.05) is 0 Å². The van der Waals surface area contributed by atoms with Gasteiger partial charge in [-0.25, -0.2) is 12.4 Å². The van der Waals surface area contributed by atoms with Crippen molar-refractivity contribution in [1.29, 1.82) is 0 Å². The van der Waals surface area contributed by atoms with Gasteiger partial charge in [-0.3, -0.25) is 0 Å². The predicted octanol–water partition coefficient (Wildman–Crippen LogP) is 4.35. The standard InChI is InChI=1S/C17H14ClNO2S/c1-13-2-8-17(9-3-13)22(20,21)19-11-10-15(12-19)14-4-6-16(18)7-5-14/h2-12H,1H3. The Balaban J connectivity index is 1.99. The number of nitrogens with zero attached hydrogens (tertiary/aromatic N) is 1. The zero-order chi connectivity index (χ0) is 15.7. The van der Waals surface area contributed by atoms with Crippen molar-refractivity contribution in [2.24, 2.45) is 0 Å². The van der Waals surface area contributed by atoms with E-state index < -0.39 is 10.0 Å². The van der Waals surface area contributed by atoms with E-state index in [0.29, 0.717) is 5.02 Å². The van der Waals surface area contributed by atoms with Crippen LogP contribution in [0.4, 0.5) is 0 Å². The van der Waals surface area contributed by atoms with Crippen LogP contribution in [0.25, 0.3) is 11.1 Å². The van der Waals surface area contributed by atoms with Crippen LogP contribution in [0.2, 0.25) is 5.02 Å². The molecule has 1 aromatic heterocycles. The van der Waals surface area contributed by atoms with Crippen molar-refractivity contribution in [1.82, 2.24) is 3.97 Å². The van der Waals surface area contributed by atoms with Crippen LogP contribution in [-0.4, -0.2) is 12.4 Å². The molecule has 0 unspecified atom stereocenters. The number of aryl methyl sites for hydroxylation is 1. The first-order chi connectivity index (χ1) is 10.5. The van der Waals surface area contributed by atoms with Crippen molar-refractivity contribution in [3.05, 3.63) is 77.6 Å². The summed E-state index contributed by atoms with van der Waals surface area (Å²) in [5.41, 5.74) is 2.77.